The summed E-state index contributed by atoms with van der Waals surface area (Å²) in [6, 6.07) is 6.71. The van der Waals surface area contributed by atoms with Gasteiger partial charge in [-0.25, -0.2) is 4.79 Å². The molecule has 0 saturated carbocycles. The van der Waals surface area contributed by atoms with Crippen molar-refractivity contribution in [1.82, 2.24) is 0 Å². The molecule has 116 valence electrons. The third-order valence-electron chi connectivity index (χ3n) is 3.72. The van der Waals surface area contributed by atoms with Crippen LogP contribution in [0.15, 0.2) is 47.2 Å². The number of benzene rings is 1. The second kappa shape index (κ2) is 5.47. The van der Waals surface area contributed by atoms with Gasteiger partial charge in [0.25, 0.3) is 5.79 Å². The van der Waals surface area contributed by atoms with Crippen molar-refractivity contribution in [2.24, 2.45) is 0 Å². The minimum Gasteiger partial charge on any atom is -0.497 e. The number of esters is 1. The fourth-order valence-corrected chi connectivity index (χ4v) is 2.64. The highest BCUT2D eigenvalue weighted by atomic mass is 17.2. The Kier molecular flexibility index (Phi) is 3.64. The van der Waals surface area contributed by atoms with Crippen LogP contribution in [-0.4, -0.2) is 24.8 Å². The molecule has 2 aliphatic rings. The number of hydrogen-bond donors (Lipinski definition) is 1. The van der Waals surface area contributed by atoms with E-state index < -0.39 is 11.8 Å². The third-order valence-corrected chi connectivity index (χ3v) is 3.72. The summed E-state index contributed by atoms with van der Waals surface area (Å²) in [6.07, 6.45) is 2.05. The Balaban J connectivity index is 2.07. The molecule has 22 heavy (non-hydrogen) atoms. The van der Waals surface area contributed by atoms with Crippen LogP contribution in [0, 0.1) is 0 Å². The minimum absolute atomic E-state index is 0.221. The van der Waals surface area contributed by atoms with Crippen molar-refractivity contribution in [2.45, 2.75) is 19.1 Å². The van der Waals surface area contributed by atoms with Gasteiger partial charge in [-0.2, -0.15) is 4.89 Å². The lowest BCUT2D eigenvalue weighted by atomic mass is 9.93. The number of aliphatic hydroxyl groups is 1. The number of cyclic esters (lactones) is 1. The highest BCUT2D eigenvalue weighted by Crippen LogP contribution is 2.44. The number of hydrogen-bond acceptors (Lipinski definition) is 6. The smallest absolute Gasteiger partial charge is 0.345 e. The first-order chi connectivity index (χ1) is 10.6. The molecule has 1 aromatic carbocycles. The fraction of sp³-hybridized carbons (Fsp3) is 0.312. The zero-order chi connectivity index (χ0) is 15.7. The molecule has 1 aromatic rings. The molecule has 1 atom stereocenters. The Bertz CT molecular complexity index is 658. The van der Waals surface area contributed by atoms with Crippen molar-refractivity contribution in [3.8, 4) is 5.75 Å². The Labute approximate surface area is 127 Å². The van der Waals surface area contributed by atoms with Gasteiger partial charge >= 0.3 is 5.97 Å². The van der Waals surface area contributed by atoms with Crippen LogP contribution >= 0.6 is 0 Å². The maximum absolute atomic E-state index is 12.2. The molecule has 2 heterocycles. The van der Waals surface area contributed by atoms with Crippen LogP contribution in [0.25, 0.3) is 0 Å². The Hall–Kier alpha value is -2.31. The molecule has 0 saturated heterocycles. The summed E-state index contributed by atoms with van der Waals surface area (Å²) in [5, 5.41) is 10.9. The van der Waals surface area contributed by atoms with Gasteiger partial charge in [0.2, 0.25) is 0 Å². The van der Waals surface area contributed by atoms with Crippen molar-refractivity contribution < 1.29 is 29.1 Å². The van der Waals surface area contributed by atoms with Gasteiger partial charge in [-0.3, -0.25) is 0 Å². The van der Waals surface area contributed by atoms with Crippen molar-refractivity contribution in [3.05, 3.63) is 52.8 Å². The minimum atomic E-state index is -1.81. The molecule has 0 bridgehead atoms. The first kappa shape index (κ1) is 14.6. The van der Waals surface area contributed by atoms with Gasteiger partial charge in [-0.1, -0.05) is 6.92 Å². The van der Waals surface area contributed by atoms with Gasteiger partial charge in [0.05, 0.1) is 7.11 Å². The van der Waals surface area contributed by atoms with Crippen LogP contribution in [0.1, 0.15) is 18.9 Å². The summed E-state index contributed by atoms with van der Waals surface area (Å²) >= 11 is 0. The predicted molar refractivity (Wildman–Crippen MR) is 75.4 cm³/mol. The zero-order valence-electron chi connectivity index (χ0n) is 12.3. The highest BCUT2D eigenvalue weighted by Gasteiger charge is 2.49. The number of carbonyl (C=O) groups is 1. The number of ether oxygens (including phenoxy) is 2. The summed E-state index contributed by atoms with van der Waals surface area (Å²) in [6.45, 7) is 2.09. The molecule has 0 aromatic heterocycles. The van der Waals surface area contributed by atoms with Crippen LogP contribution in [0.3, 0.4) is 0 Å². The summed E-state index contributed by atoms with van der Waals surface area (Å²) in [5.74, 6) is -1.51. The van der Waals surface area contributed by atoms with E-state index in [0.29, 0.717) is 23.3 Å². The van der Waals surface area contributed by atoms with Gasteiger partial charge in [0.15, 0.2) is 5.76 Å². The molecule has 1 N–H and O–H groups in total. The molecule has 0 amide bonds. The predicted octanol–water partition coefficient (Wildman–Crippen LogP) is 1.95. The zero-order valence-corrected chi connectivity index (χ0v) is 12.3. The van der Waals surface area contributed by atoms with E-state index in [-0.39, 0.29) is 17.9 Å². The first-order valence-electron chi connectivity index (χ1n) is 6.94. The average molecular weight is 304 g/mol. The van der Waals surface area contributed by atoms with E-state index in [1.807, 2.05) is 6.92 Å². The number of methoxy groups -OCH3 is 1. The van der Waals surface area contributed by atoms with Crippen LogP contribution in [-0.2, 0) is 25.1 Å². The second-order valence-electron chi connectivity index (χ2n) is 4.91. The monoisotopic (exact) mass is 304 g/mol. The van der Waals surface area contributed by atoms with Gasteiger partial charge < -0.3 is 19.5 Å². The third kappa shape index (κ3) is 2.17. The second-order valence-corrected chi connectivity index (χ2v) is 4.91. The quantitative estimate of drug-likeness (QED) is 0.677. The maximum Gasteiger partial charge on any atom is 0.345 e. The molecule has 0 fully saturated rings. The Morgan fingerprint density at radius 3 is 2.59 bits per heavy atom. The van der Waals surface area contributed by atoms with E-state index in [0.717, 1.165) is 0 Å². The molecular formula is C16H16O6. The van der Waals surface area contributed by atoms with Gasteiger partial charge in [0, 0.05) is 11.1 Å². The maximum atomic E-state index is 12.2. The van der Waals surface area contributed by atoms with Gasteiger partial charge in [0.1, 0.15) is 17.9 Å². The lowest BCUT2D eigenvalue weighted by Gasteiger charge is -2.25. The van der Waals surface area contributed by atoms with Crippen molar-refractivity contribution >= 4 is 5.97 Å². The standard InChI is InChI=1S/C16H16O6/c1-3-12-14(13-8-9-20-22-13)15(17)21-16(12,18)10-4-6-11(19-2)7-5-10/h4-8,18H,3,9H2,1-2H3. The summed E-state index contributed by atoms with van der Waals surface area (Å²) in [4.78, 5) is 22.0. The van der Waals surface area contributed by atoms with Crippen molar-refractivity contribution in [1.29, 1.82) is 0 Å². The van der Waals surface area contributed by atoms with Crippen LogP contribution in [0.5, 0.6) is 5.75 Å². The number of rotatable bonds is 4. The SMILES string of the molecule is CCC1=C(C2=CCOO2)C(=O)OC1(O)c1ccc(OC)cc1. The van der Waals surface area contributed by atoms with E-state index >= 15 is 0 Å². The highest BCUT2D eigenvalue weighted by molar-refractivity contribution is 5.97. The Morgan fingerprint density at radius 1 is 1.32 bits per heavy atom. The number of carbonyl (C=O) groups excluding carboxylic acids is 1. The van der Waals surface area contributed by atoms with E-state index in [2.05, 4.69) is 0 Å². The van der Waals surface area contributed by atoms with Crippen LogP contribution < -0.4 is 4.74 Å². The fourth-order valence-electron chi connectivity index (χ4n) is 2.64. The lowest BCUT2D eigenvalue weighted by Crippen LogP contribution is -2.28. The molecule has 6 heteroatoms. The normalized spacial score (nSPS) is 24.1. The van der Waals surface area contributed by atoms with Crippen molar-refractivity contribution in [2.75, 3.05) is 13.7 Å². The molecule has 6 nitrogen and oxygen atoms in total. The van der Waals surface area contributed by atoms with Crippen LogP contribution in [0.4, 0.5) is 0 Å². The largest absolute Gasteiger partial charge is 0.497 e. The molecule has 0 radical (unpaired) electrons. The van der Waals surface area contributed by atoms with E-state index in [9.17, 15) is 9.90 Å². The molecule has 1 unspecified atom stereocenters. The topological polar surface area (TPSA) is 74.2 Å². The summed E-state index contributed by atoms with van der Waals surface area (Å²) in [7, 11) is 1.55. The average Bonchev–Trinajstić information content (AvgIpc) is 3.13. The lowest BCUT2D eigenvalue weighted by molar-refractivity contribution is -0.231. The summed E-state index contributed by atoms with van der Waals surface area (Å²) in [5.41, 5.74) is 1.12. The van der Waals surface area contributed by atoms with E-state index in [1.165, 1.54) is 0 Å². The van der Waals surface area contributed by atoms with Gasteiger partial charge in [-0.05, 0) is 36.8 Å². The summed E-state index contributed by atoms with van der Waals surface area (Å²) < 4.78 is 10.4. The van der Waals surface area contributed by atoms with E-state index in [1.54, 1.807) is 37.5 Å². The first-order valence-corrected chi connectivity index (χ1v) is 6.94. The molecular weight excluding hydrogens is 288 g/mol. The molecule has 3 rings (SSSR count). The van der Waals surface area contributed by atoms with Crippen LogP contribution in [0.2, 0.25) is 0 Å². The molecule has 0 aliphatic carbocycles. The molecule has 2 aliphatic heterocycles. The Morgan fingerprint density at radius 2 is 2.05 bits per heavy atom. The van der Waals surface area contributed by atoms with Crippen molar-refractivity contribution in [3.63, 3.8) is 0 Å². The van der Waals surface area contributed by atoms with Gasteiger partial charge in [-0.15, -0.1) is 0 Å². The molecule has 0 spiro atoms. The van der Waals surface area contributed by atoms with E-state index in [4.69, 9.17) is 19.2 Å².